The fraction of sp³-hybridized carbons (Fsp3) is 0.455. The van der Waals surface area contributed by atoms with Crippen LogP contribution in [0.2, 0.25) is 0 Å². The average Bonchev–Trinajstić information content (AvgIpc) is 2.99. The Morgan fingerprint density at radius 1 is 1.46 bits per heavy atom. The van der Waals surface area contributed by atoms with Gasteiger partial charge in [-0.2, -0.15) is 0 Å². The number of benzene rings is 1. The van der Waals surface area contributed by atoms with Crippen LogP contribution in [0.25, 0.3) is 0 Å². The summed E-state index contributed by atoms with van der Waals surface area (Å²) >= 11 is 0. The lowest BCUT2D eigenvalue weighted by atomic mass is 10.1. The Hall–Kier alpha value is -1.02. The number of epoxide rings is 1. The molecule has 2 nitrogen and oxygen atoms in total. The molecule has 0 radical (unpaired) electrons. The molecule has 0 spiro atoms. The van der Waals surface area contributed by atoms with Gasteiger partial charge in [-0.15, -0.1) is 0 Å². The normalized spacial score (nSPS) is 19.9. The van der Waals surface area contributed by atoms with Gasteiger partial charge in [0.2, 0.25) is 0 Å². The molecule has 1 fully saturated rings. The molecule has 0 unspecified atom stereocenters. The van der Waals surface area contributed by atoms with E-state index in [0.717, 1.165) is 18.8 Å². The van der Waals surface area contributed by atoms with Crippen LogP contribution in [-0.4, -0.2) is 19.3 Å². The molecule has 1 heterocycles. The van der Waals surface area contributed by atoms with E-state index in [1.807, 2.05) is 18.2 Å². The van der Waals surface area contributed by atoms with Gasteiger partial charge in [-0.05, 0) is 18.1 Å². The van der Waals surface area contributed by atoms with Crippen LogP contribution in [0.4, 0.5) is 0 Å². The van der Waals surface area contributed by atoms with Crippen molar-refractivity contribution in [2.24, 2.45) is 0 Å². The Labute approximate surface area is 78.5 Å². The molecule has 2 heteroatoms. The third-order valence-electron chi connectivity index (χ3n) is 2.18. The maximum Gasteiger partial charge on any atom is 0.122 e. The first kappa shape index (κ1) is 8.57. The molecule has 1 atom stereocenters. The van der Waals surface area contributed by atoms with Gasteiger partial charge in [0.1, 0.15) is 18.5 Å². The van der Waals surface area contributed by atoms with Crippen molar-refractivity contribution in [3.63, 3.8) is 0 Å². The number of hydrogen-bond acceptors (Lipinski definition) is 2. The van der Waals surface area contributed by atoms with E-state index in [2.05, 4.69) is 13.0 Å². The minimum absolute atomic E-state index is 0.338. The number of para-hydroxylation sites is 1. The van der Waals surface area contributed by atoms with Gasteiger partial charge >= 0.3 is 0 Å². The highest BCUT2D eigenvalue weighted by Gasteiger charge is 2.23. The van der Waals surface area contributed by atoms with Crippen molar-refractivity contribution in [2.75, 3.05) is 13.2 Å². The van der Waals surface area contributed by atoms with Gasteiger partial charge in [-0.1, -0.05) is 25.1 Å². The SMILES string of the molecule is CCc1ccccc1OC[C@@H]1CO1. The highest BCUT2D eigenvalue weighted by atomic mass is 16.6. The highest BCUT2D eigenvalue weighted by Crippen LogP contribution is 2.20. The predicted octanol–water partition coefficient (Wildman–Crippen LogP) is 2.03. The Morgan fingerprint density at radius 3 is 2.92 bits per heavy atom. The fourth-order valence-electron chi connectivity index (χ4n) is 1.28. The Kier molecular flexibility index (Phi) is 2.50. The molecular weight excluding hydrogens is 164 g/mol. The molecule has 1 saturated heterocycles. The van der Waals surface area contributed by atoms with Crippen molar-refractivity contribution < 1.29 is 9.47 Å². The van der Waals surface area contributed by atoms with Crippen LogP contribution < -0.4 is 4.74 Å². The Balaban J connectivity index is 1.99. The van der Waals surface area contributed by atoms with Crippen molar-refractivity contribution in [1.29, 1.82) is 0 Å². The second kappa shape index (κ2) is 3.79. The van der Waals surface area contributed by atoms with Crippen LogP contribution >= 0.6 is 0 Å². The molecule has 13 heavy (non-hydrogen) atoms. The zero-order valence-corrected chi connectivity index (χ0v) is 7.82. The van der Waals surface area contributed by atoms with Gasteiger partial charge in [-0.25, -0.2) is 0 Å². The van der Waals surface area contributed by atoms with E-state index in [1.54, 1.807) is 0 Å². The summed E-state index contributed by atoms with van der Waals surface area (Å²) < 4.78 is 10.7. The highest BCUT2D eigenvalue weighted by molar-refractivity contribution is 5.33. The minimum Gasteiger partial charge on any atom is -0.491 e. The van der Waals surface area contributed by atoms with Crippen LogP contribution in [0, 0.1) is 0 Å². The number of ether oxygens (including phenoxy) is 2. The molecule has 0 bridgehead atoms. The Morgan fingerprint density at radius 2 is 2.23 bits per heavy atom. The number of aryl methyl sites for hydroxylation is 1. The maximum atomic E-state index is 5.63. The summed E-state index contributed by atoms with van der Waals surface area (Å²) in [4.78, 5) is 0. The van der Waals surface area contributed by atoms with E-state index in [4.69, 9.17) is 9.47 Å². The maximum absolute atomic E-state index is 5.63. The van der Waals surface area contributed by atoms with Crippen LogP contribution in [0.1, 0.15) is 12.5 Å². The molecule has 1 aromatic carbocycles. The average molecular weight is 178 g/mol. The van der Waals surface area contributed by atoms with Crippen molar-refractivity contribution in [2.45, 2.75) is 19.4 Å². The smallest absolute Gasteiger partial charge is 0.122 e. The standard InChI is InChI=1S/C11H14O2/c1-2-9-5-3-4-6-11(9)13-8-10-7-12-10/h3-6,10H,2,7-8H2,1H3/t10-/m0/s1. The summed E-state index contributed by atoms with van der Waals surface area (Å²) in [6.45, 7) is 3.68. The van der Waals surface area contributed by atoms with Crippen molar-refractivity contribution >= 4 is 0 Å². The first-order chi connectivity index (χ1) is 6.40. The Bertz CT molecular complexity index is 279. The molecule has 0 amide bonds. The zero-order chi connectivity index (χ0) is 9.10. The molecule has 1 aliphatic rings. The van der Waals surface area contributed by atoms with E-state index in [9.17, 15) is 0 Å². The summed E-state index contributed by atoms with van der Waals surface area (Å²) in [6, 6.07) is 8.16. The monoisotopic (exact) mass is 178 g/mol. The van der Waals surface area contributed by atoms with Gasteiger partial charge in [-0.3, -0.25) is 0 Å². The van der Waals surface area contributed by atoms with Crippen molar-refractivity contribution in [1.82, 2.24) is 0 Å². The molecule has 70 valence electrons. The molecule has 1 aromatic rings. The number of rotatable bonds is 4. The zero-order valence-electron chi connectivity index (χ0n) is 7.82. The first-order valence-corrected chi connectivity index (χ1v) is 4.72. The lowest BCUT2D eigenvalue weighted by molar-refractivity contribution is 0.261. The van der Waals surface area contributed by atoms with Crippen LogP contribution in [0.5, 0.6) is 5.75 Å². The minimum atomic E-state index is 0.338. The molecule has 1 aliphatic heterocycles. The summed E-state index contributed by atoms with van der Waals surface area (Å²) in [5.41, 5.74) is 1.27. The molecular formula is C11H14O2. The second-order valence-electron chi connectivity index (χ2n) is 3.23. The summed E-state index contributed by atoms with van der Waals surface area (Å²) in [5.74, 6) is 1.00. The van der Waals surface area contributed by atoms with Gasteiger partial charge in [0, 0.05) is 0 Å². The molecule has 0 aliphatic carbocycles. The molecule has 0 N–H and O–H groups in total. The largest absolute Gasteiger partial charge is 0.491 e. The van der Waals surface area contributed by atoms with Gasteiger partial charge in [0.25, 0.3) is 0 Å². The van der Waals surface area contributed by atoms with Crippen LogP contribution in [0.15, 0.2) is 24.3 Å². The lowest BCUT2D eigenvalue weighted by Crippen LogP contribution is -2.05. The van der Waals surface area contributed by atoms with Gasteiger partial charge < -0.3 is 9.47 Å². The van der Waals surface area contributed by atoms with Crippen molar-refractivity contribution in [3.05, 3.63) is 29.8 Å². The molecule has 2 rings (SSSR count). The van der Waals surface area contributed by atoms with Crippen LogP contribution in [0.3, 0.4) is 0 Å². The van der Waals surface area contributed by atoms with Gasteiger partial charge in [0.15, 0.2) is 0 Å². The summed E-state index contributed by atoms with van der Waals surface area (Å²) in [6.07, 6.45) is 1.35. The fourth-order valence-corrected chi connectivity index (χ4v) is 1.28. The van der Waals surface area contributed by atoms with Crippen LogP contribution in [-0.2, 0) is 11.2 Å². The lowest BCUT2D eigenvalue weighted by Gasteiger charge is -2.08. The summed E-state index contributed by atoms with van der Waals surface area (Å²) in [5, 5.41) is 0. The predicted molar refractivity (Wildman–Crippen MR) is 51.1 cm³/mol. The summed E-state index contributed by atoms with van der Waals surface area (Å²) in [7, 11) is 0. The second-order valence-corrected chi connectivity index (χ2v) is 3.23. The van der Waals surface area contributed by atoms with Crippen molar-refractivity contribution in [3.8, 4) is 5.75 Å². The number of hydrogen-bond donors (Lipinski definition) is 0. The molecule has 0 aromatic heterocycles. The first-order valence-electron chi connectivity index (χ1n) is 4.72. The third-order valence-corrected chi connectivity index (χ3v) is 2.18. The molecule has 0 saturated carbocycles. The third kappa shape index (κ3) is 2.22. The van der Waals surface area contributed by atoms with E-state index in [-0.39, 0.29) is 0 Å². The van der Waals surface area contributed by atoms with E-state index < -0.39 is 0 Å². The quantitative estimate of drug-likeness (QED) is 0.658. The van der Waals surface area contributed by atoms with E-state index >= 15 is 0 Å². The van der Waals surface area contributed by atoms with E-state index in [1.165, 1.54) is 5.56 Å². The topological polar surface area (TPSA) is 21.8 Å². The van der Waals surface area contributed by atoms with E-state index in [0.29, 0.717) is 12.7 Å². The van der Waals surface area contributed by atoms with Gasteiger partial charge in [0.05, 0.1) is 6.61 Å².